The van der Waals surface area contributed by atoms with E-state index in [1.54, 1.807) is 0 Å². The lowest BCUT2D eigenvalue weighted by Crippen LogP contribution is -2.32. The number of aliphatic hydroxyl groups excluding tert-OH is 1. The van der Waals surface area contributed by atoms with Gasteiger partial charge in [-0.2, -0.15) is 4.73 Å². The number of hydrogen-bond donors (Lipinski definition) is 1. The Hall–Kier alpha value is -1.20. The minimum Gasteiger partial charge on any atom is -0.618 e. The molecule has 1 N–H and O–H groups in total. The average Bonchev–Trinajstić information content (AvgIpc) is 2.05. The third-order valence-electron chi connectivity index (χ3n) is 1.38. The second-order valence-electron chi connectivity index (χ2n) is 2.29. The van der Waals surface area contributed by atoms with E-state index in [-0.39, 0.29) is 12.3 Å². The number of nitrogens with zero attached hydrogens (tertiary/aromatic N) is 2. The molecule has 5 nitrogen and oxygen atoms in total. The van der Waals surface area contributed by atoms with Crippen molar-refractivity contribution in [1.82, 2.24) is 4.98 Å². The van der Waals surface area contributed by atoms with Gasteiger partial charge in [-0.05, 0) is 0 Å². The van der Waals surface area contributed by atoms with E-state index in [0.29, 0.717) is 17.0 Å². The van der Waals surface area contributed by atoms with Crippen LogP contribution in [0.25, 0.3) is 0 Å². The normalized spacial score (nSPS) is 10.2. The number of methoxy groups -OCH3 is 1. The van der Waals surface area contributed by atoms with Crippen LogP contribution in [0.15, 0.2) is 12.4 Å². The van der Waals surface area contributed by atoms with Gasteiger partial charge in [-0.25, -0.2) is 4.98 Å². The van der Waals surface area contributed by atoms with E-state index in [0.717, 1.165) is 0 Å². The minimum absolute atomic E-state index is 0.231. The summed E-state index contributed by atoms with van der Waals surface area (Å²) in [6, 6.07) is 0. The molecule has 0 aliphatic rings. The van der Waals surface area contributed by atoms with Crippen molar-refractivity contribution in [2.24, 2.45) is 0 Å². The molecule has 0 unspecified atom stereocenters. The molecular formula is C7H10N2O3. The molecule has 0 aliphatic heterocycles. The Bertz CT molecular complexity index is 265. The van der Waals surface area contributed by atoms with Crippen molar-refractivity contribution in [3.05, 3.63) is 29.0 Å². The van der Waals surface area contributed by atoms with E-state index in [1.807, 2.05) is 0 Å². The lowest BCUT2D eigenvalue weighted by Gasteiger charge is -2.02. The number of rotatable bonds is 3. The molecule has 1 aromatic heterocycles. The van der Waals surface area contributed by atoms with E-state index in [2.05, 4.69) is 4.98 Å². The van der Waals surface area contributed by atoms with Gasteiger partial charge in [0.2, 0.25) is 11.9 Å². The minimum atomic E-state index is -0.302. The van der Waals surface area contributed by atoms with Gasteiger partial charge in [0, 0.05) is 7.11 Å². The Morgan fingerprint density at radius 2 is 2.50 bits per heavy atom. The molecule has 0 bridgehead atoms. The number of aliphatic hydroxyl groups is 1. The van der Waals surface area contributed by atoms with Gasteiger partial charge < -0.3 is 15.1 Å². The summed E-state index contributed by atoms with van der Waals surface area (Å²) < 4.78 is 5.36. The Balaban J connectivity index is 2.86. The van der Waals surface area contributed by atoms with Crippen molar-refractivity contribution in [2.75, 3.05) is 7.11 Å². The molecule has 5 heteroatoms. The zero-order chi connectivity index (χ0) is 8.97. The van der Waals surface area contributed by atoms with Gasteiger partial charge in [0.15, 0.2) is 0 Å². The van der Waals surface area contributed by atoms with E-state index >= 15 is 0 Å². The zero-order valence-corrected chi connectivity index (χ0v) is 6.73. The highest BCUT2D eigenvalue weighted by Crippen LogP contribution is 1.94. The van der Waals surface area contributed by atoms with Crippen LogP contribution >= 0.6 is 0 Å². The fraction of sp³-hybridized carbons (Fsp3) is 0.429. The van der Waals surface area contributed by atoms with Crippen LogP contribution < -0.4 is 4.73 Å². The third-order valence-corrected chi connectivity index (χ3v) is 1.38. The first-order valence-corrected chi connectivity index (χ1v) is 3.44. The van der Waals surface area contributed by atoms with Crippen LogP contribution in [-0.2, 0) is 18.0 Å². The summed E-state index contributed by atoms with van der Waals surface area (Å²) in [5.41, 5.74) is 0.777. The zero-order valence-electron chi connectivity index (χ0n) is 6.73. The number of ether oxygens (including phenoxy) is 1. The molecule has 0 amide bonds. The summed E-state index contributed by atoms with van der Waals surface area (Å²) in [5.74, 6) is 0. The molecule has 0 saturated heterocycles. The molecule has 0 radical (unpaired) electrons. The molecule has 1 aromatic rings. The van der Waals surface area contributed by atoms with Crippen molar-refractivity contribution < 1.29 is 14.6 Å². The fourth-order valence-corrected chi connectivity index (χ4v) is 0.799. The highest BCUT2D eigenvalue weighted by molar-refractivity contribution is 4.93. The van der Waals surface area contributed by atoms with E-state index in [1.165, 1.54) is 19.5 Å². The first-order chi connectivity index (χ1) is 5.77. The molecule has 0 aliphatic carbocycles. The lowest BCUT2D eigenvalue weighted by atomic mass is 10.4. The Morgan fingerprint density at radius 3 is 3.00 bits per heavy atom. The summed E-state index contributed by atoms with van der Waals surface area (Å²) in [7, 11) is 1.52. The average molecular weight is 170 g/mol. The molecule has 1 heterocycles. The van der Waals surface area contributed by atoms with Gasteiger partial charge in [0.05, 0.1) is 12.8 Å². The van der Waals surface area contributed by atoms with Crippen LogP contribution in [0.1, 0.15) is 11.4 Å². The topological polar surface area (TPSA) is 69.3 Å². The van der Waals surface area contributed by atoms with Gasteiger partial charge in [-0.1, -0.05) is 0 Å². The molecule has 0 spiro atoms. The number of aromatic nitrogens is 2. The van der Waals surface area contributed by atoms with Crippen molar-refractivity contribution in [3.63, 3.8) is 0 Å². The van der Waals surface area contributed by atoms with Crippen LogP contribution in [0.4, 0.5) is 0 Å². The fourth-order valence-electron chi connectivity index (χ4n) is 0.799. The lowest BCUT2D eigenvalue weighted by molar-refractivity contribution is -0.617. The standard InChI is InChI=1S/C7H10N2O3/c1-12-5-6-3-9(11)7(4-10)2-8-6/h2-3,10H,4-5H2,1H3. The Morgan fingerprint density at radius 1 is 1.75 bits per heavy atom. The van der Waals surface area contributed by atoms with Crippen LogP contribution in [-0.4, -0.2) is 17.2 Å². The summed E-state index contributed by atoms with van der Waals surface area (Å²) in [5, 5.41) is 19.7. The summed E-state index contributed by atoms with van der Waals surface area (Å²) in [6.07, 6.45) is 2.62. The second kappa shape index (κ2) is 3.99. The highest BCUT2D eigenvalue weighted by Gasteiger charge is 2.05. The molecule has 1 rings (SSSR count). The number of hydrogen-bond acceptors (Lipinski definition) is 4. The van der Waals surface area contributed by atoms with Crippen molar-refractivity contribution in [2.45, 2.75) is 13.2 Å². The molecule has 0 atom stereocenters. The largest absolute Gasteiger partial charge is 0.618 e. The van der Waals surface area contributed by atoms with E-state index in [9.17, 15) is 5.21 Å². The van der Waals surface area contributed by atoms with Crippen LogP contribution in [0, 0.1) is 5.21 Å². The maximum Gasteiger partial charge on any atom is 0.236 e. The maximum absolute atomic E-state index is 11.0. The Labute approximate surface area is 69.8 Å². The first-order valence-electron chi connectivity index (χ1n) is 3.44. The molecule has 0 aromatic carbocycles. The third kappa shape index (κ3) is 1.90. The molecule has 66 valence electrons. The summed E-state index contributed by atoms with van der Waals surface area (Å²) in [6.45, 7) is -0.00227. The van der Waals surface area contributed by atoms with Gasteiger partial charge >= 0.3 is 0 Å². The quantitative estimate of drug-likeness (QED) is 0.483. The van der Waals surface area contributed by atoms with Crippen molar-refractivity contribution >= 4 is 0 Å². The second-order valence-corrected chi connectivity index (χ2v) is 2.29. The predicted octanol–water partition coefficient (Wildman–Crippen LogP) is -0.646. The highest BCUT2D eigenvalue weighted by atomic mass is 16.5. The Kier molecular flexibility index (Phi) is 2.95. The van der Waals surface area contributed by atoms with E-state index < -0.39 is 0 Å². The van der Waals surface area contributed by atoms with Crippen molar-refractivity contribution in [1.29, 1.82) is 0 Å². The van der Waals surface area contributed by atoms with Crippen molar-refractivity contribution in [3.8, 4) is 0 Å². The summed E-state index contributed by atoms with van der Waals surface area (Å²) in [4.78, 5) is 3.89. The monoisotopic (exact) mass is 170 g/mol. The van der Waals surface area contributed by atoms with Crippen LogP contribution in [0.2, 0.25) is 0 Å². The van der Waals surface area contributed by atoms with Gasteiger partial charge in [0.25, 0.3) is 0 Å². The van der Waals surface area contributed by atoms with Gasteiger partial charge in [-0.15, -0.1) is 0 Å². The predicted molar refractivity (Wildman–Crippen MR) is 39.8 cm³/mol. The van der Waals surface area contributed by atoms with Gasteiger partial charge in [-0.3, -0.25) is 0 Å². The molecular weight excluding hydrogens is 160 g/mol. The summed E-state index contributed by atoms with van der Waals surface area (Å²) >= 11 is 0. The molecule has 0 saturated carbocycles. The molecule has 0 fully saturated rings. The first kappa shape index (κ1) is 8.89. The van der Waals surface area contributed by atoms with Crippen LogP contribution in [0.5, 0.6) is 0 Å². The SMILES string of the molecule is COCc1c[n+]([O-])c(CO)cn1. The van der Waals surface area contributed by atoms with E-state index in [4.69, 9.17) is 9.84 Å². The molecule has 12 heavy (non-hydrogen) atoms. The maximum atomic E-state index is 11.0. The van der Waals surface area contributed by atoms with Gasteiger partial charge in [0.1, 0.15) is 12.3 Å². The van der Waals surface area contributed by atoms with Crippen LogP contribution in [0.3, 0.4) is 0 Å². The smallest absolute Gasteiger partial charge is 0.236 e.